The van der Waals surface area contributed by atoms with Gasteiger partial charge < -0.3 is 39.1 Å². The Morgan fingerprint density at radius 3 is 1.15 bits per heavy atom. The third kappa shape index (κ3) is 11.8. The average Bonchev–Trinajstić information content (AvgIpc) is 3.43. The van der Waals surface area contributed by atoms with Crippen LogP contribution in [0.4, 0.5) is 57.9 Å². The van der Waals surface area contributed by atoms with Gasteiger partial charge >= 0.3 is 19.5 Å². The van der Waals surface area contributed by atoms with Crippen molar-refractivity contribution in [3.8, 4) is 0 Å². The molecule has 3 saturated heterocycles. The maximum Gasteiger partial charge on any atom is 0.494 e. The first-order valence-electron chi connectivity index (χ1n) is 19.3. The molecule has 0 aliphatic carbocycles. The molecular formula is C43H50BBrF8N4O4W. The second kappa shape index (κ2) is 20.2. The summed E-state index contributed by atoms with van der Waals surface area (Å²) < 4.78 is 117. The van der Waals surface area contributed by atoms with Crippen LogP contribution in [0.2, 0.25) is 0 Å². The van der Waals surface area contributed by atoms with Crippen LogP contribution in [0.3, 0.4) is 0 Å². The van der Waals surface area contributed by atoms with Crippen LogP contribution < -0.4 is 25.1 Å². The number of hydrogen-bond donors (Lipinski definition) is 2. The second-order valence-electron chi connectivity index (χ2n) is 15.9. The minimum Gasteiger partial charge on any atom is -0.399 e. The Morgan fingerprint density at radius 1 is 0.548 bits per heavy atom. The predicted molar refractivity (Wildman–Crippen MR) is 227 cm³/mol. The maximum atomic E-state index is 14.3. The molecule has 8 nitrogen and oxygen atoms in total. The number of benzene rings is 4. The van der Waals surface area contributed by atoms with Gasteiger partial charge in [-0.1, -0.05) is 47.6 Å². The molecule has 2 atom stereocenters. The molecule has 7 rings (SSSR count). The van der Waals surface area contributed by atoms with E-state index in [0.717, 1.165) is 58.7 Å². The Kier molecular flexibility index (Phi) is 16.7. The standard InChI is InChI=1S/C24H29BF4N2O3.C18H17BrF4N2O.CH4.W/c1-22(2)23(3,4)34-25(33-22)16-5-7-17(8-6-16)30-11-13-31(14-12-30)18-9-10-19(20(26)15-18)21(32)24(27,28)29;19-12-1-3-13(4-2-12)24-7-9-25(10-8-24)14-5-6-15(16(20)11-14)17(26)18(21,22)23;;/h5-10,15,21,32H,11-14H2,1-4H3;1-6,11,17,26H,7-10H2;1H4;. The summed E-state index contributed by atoms with van der Waals surface area (Å²) in [6.45, 7) is 13.2. The van der Waals surface area contributed by atoms with Crippen LogP contribution >= 0.6 is 15.9 Å². The Hall–Kier alpha value is -3.41. The van der Waals surface area contributed by atoms with Gasteiger partial charge in [0, 0.05) is 112 Å². The largest absolute Gasteiger partial charge is 0.494 e. The van der Waals surface area contributed by atoms with Crippen LogP contribution in [0.25, 0.3) is 0 Å². The number of rotatable bonds is 7. The summed E-state index contributed by atoms with van der Waals surface area (Å²) in [6, 6.07) is 22.9. The molecule has 2 unspecified atom stereocenters. The normalized spacial score (nSPS) is 18.6. The minimum absolute atomic E-state index is 0. The third-order valence-electron chi connectivity index (χ3n) is 11.4. The van der Waals surface area contributed by atoms with E-state index in [4.69, 9.17) is 9.31 Å². The van der Waals surface area contributed by atoms with Gasteiger partial charge in [-0.05, 0) is 93.8 Å². The number of alkyl halides is 6. The number of halogens is 9. The van der Waals surface area contributed by atoms with Crippen molar-refractivity contribution < 1.29 is 75.7 Å². The fraction of sp³-hybridized carbons (Fsp3) is 0.442. The third-order valence-corrected chi connectivity index (χ3v) is 12.0. The zero-order chi connectivity index (χ0) is 43.8. The molecule has 0 radical (unpaired) electrons. The Bertz CT molecular complexity index is 2070. The van der Waals surface area contributed by atoms with Gasteiger partial charge in [0.25, 0.3) is 0 Å². The molecule has 338 valence electrons. The van der Waals surface area contributed by atoms with Crippen LogP contribution in [-0.4, -0.2) is 93.2 Å². The van der Waals surface area contributed by atoms with E-state index in [-0.39, 0.29) is 28.5 Å². The number of aliphatic hydroxyl groups is 2. The SMILES string of the molecule is C.CC1(C)OB(c2ccc(N3CCN(c4ccc(C(O)C(F)(F)F)c(F)c4)CC3)cc2)OC1(C)C.OC(c1ccc(N2CCN(c3ccc(Br)cc3)CC2)cc1F)C(F)(F)F.[W]. The summed E-state index contributed by atoms with van der Waals surface area (Å²) in [7, 11) is -0.426. The summed E-state index contributed by atoms with van der Waals surface area (Å²) in [5.74, 6) is -2.12. The first kappa shape index (κ1) is 51.2. The van der Waals surface area contributed by atoms with Crippen LogP contribution in [0.15, 0.2) is 89.4 Å². The fourth-order valence-electron chi connectivity index (χ4n) is 7.14. The van der Waals surface area contributed by atoms with Crippen molar-refractivity contribution in [2.24, 2.45) is 0 Å². The number of anilines is 4. The molecule has 3 aliphatic rings. The maximum absolute atomic E-state index is 14.3. The second-order valence-corrected chi connectivity index (χ2v) is 16.8. The van der Waals surface area contributed by atoms with E-state index in [1.165, 1.54) is 12.1 Å². The van der Waals surface area contributed by atoms with Crippen LogP contribution in [0.1, 0.15) is 58.5 Å². The van der Waals surface area contributed by atoms with Gasteiger partial charge in [-0.3, -0.25) is 0 Å². The molecule has 62 heavy (non-hydrogen) atoms. The van der Waals surface area contributed by atoms with Gasteiger partial charge in [0.15, 0.2) is 12.2 Å². The smallest absolute Gasteiger partial charge is 0.399 e. The quantitative estimate of drug-likeness (QED) is 0.140. The van der Waals surface area contributed by atoms with Crippen LogP contribution in [0.5, 0.6) is 0 Å². The Morgan fingerprint density at radius 2 is 0.839 bits per heavy atom. The first-order valence-corrected chi connectivity index (χ1v) is 20.1. The zero-order valence-corrected chi connectivity index (χ0v) is 38.3. The van der Waals surface area contributed by atoms with E-state index >= 15 is 0 Å². The minimum atomic E-state index is -4.91. The van der Waals surface area contributed by atoms with Gasteiger partial charge in [-0.25, -0.2) is 8.78 Å². The molecule has 2 N–H and O–H groups in total. The van der Waals surface area contributed by atoms with Crippen molar-refractivity contribution in [1.82, 2.24) is 0 Å². The number of aliphatic hydroxyl groups excluding tert-OH is 2. The molecule has 4 aromatic carbocycles. The summed E-state index contributed by atoms with van der Waals surface area (Å²) in [5, 5.41) is 18.6. The molecule has 3 aliphatic heterocycles. The topological polar surface area (TPSA) is 71.9 Å². The molecule has 0 bridgehead atoms. The monoisotopic (exact) mass is 1110 g/mol. The van der Waals surface area contributed by atoms with Crippen LogP contribution in [-0.2, 0) is 30.4 Å². The molecule has 19 heteroatoms. The molecule has 3 heterocycles. The Labute approximate surface area is 380 Å². The molecular weight excluding hydrogens is 1060 g/mol. The number of hydrogen-bond acceptors (Lipinski definition) is 8. The summed E-state index contributed by atoms with van der Waals surface area (Å²) in [4.78, 5) is 8.23. The van der Waals surface area contributed by atoms with Crippen molar-refractivity contribution in [1.29, 1.82) is 0 Å². The summed E-state index contributed by atoms with van der Waals surface area (Å²) in [6.07, 6.45) is -15.4. The zero-order valence-electron chi connectivity index (χ0n) is 33.8. The van der Waals surface area contributed by atoms with E-state index in [1.54, 1.807) is 0 Å². The number of nitrogens with zero attached hydrogens (tertiary/aromatic N) is 4. The molecule has 0 saturated carbocycles. The van der Waals surface area contributed by atoms with Crippen molar-refractivity contribution in [2.45, 2.75) is 70.9 Å². The van der Waals surface area contributed by atoms with Crippen molar-refractivity contribution in [3.05, 3.63) is 112 Å². The first-order chi connectivity index (χ1) is 28.0. The van der Waals surface area contributed by atoms with E-state index in [9.17, 15) is 45.3 Å². The fourth-order valence-corrected chi connectivity index (χ4v) is 7.41. The summed E-state index contributed by atoms with van der Waals surface area (Å²) in [5.41, 5.74) is 1.73. The molecule has 4 aromatic rings. The van der Waals surface area contributed by atoms with E-state index in [2.05, 4.69) is 25.7 Å². The van der Waals surface area contributed by atoms with E-state index < -0.39 is 65.6 Å². The molecule has 0 spiro atoms. The van der Waals surface area contributed by atoms with Gasteiger partial charge in [-0.15, -0.1) is 0 Å². The van der Waals surface area contributed by atoms with Crippen molar-refractivity contribution in [2.75, 3.05) is 72.0 Å². The van der Waals surface area contributed by atoms with Gasteiger partial charge in [0.05, 0.1) is 11.2 Å². The van der Waals surface area contributed by atoms with Gasteiger partial charge in [0.2, 0.25) is 0 Å². The van der Waals surface area contributed by atoms with Crippen molar-refractivity contribution >= 4 is 51.3 Å². The van der Waals surface area contributed by atoms with E-state index in [1.807, 2.05) is 86.0 Å². The Balaban J connectivity index is 0.000000273. The van der Waals surface area contributed by atoms with E-state index in [0.29, 0.717) is 50.6 Å². The molecule has 3 fully saturated rings. The molecule has 0 aromatic heterocycles. The van der Waals surface area contributed by atoms with Gasteiger partial charge in [-0.2, -0.15) is 26.3 Å². The number of piperazine rings is 2. The van der Waals surface area contributed by atoms with Crippen molar-refractivity contribution in [3.63, 3.8) is 0 Å². The summed E-state index contributed by atoms with van der Waals surface area (Å²) >= 11 is 3.39. The molecule has 0 amide bonds. The average molecular weight is 1110 g/mol. The van der Waals surface area contributed by atoms with Gasteiger partial charge in [0.1, 0.15) is 11.6 Å². The predicted octanol–water partition coefficient (Wildman–Crippen LogP) is 9.19. The van der Waals surface area contributed by atoms with Crippen LogP contribution in [0, 0.1) is 11.6 Å².